The van der Waals surface area contributed by atoms with E-state index in [0.29, 0.717) is 5.56 Å². The van der Waals surface area contributed by atoms with Crippen LogP contribution in [0.2, 0.25) is 5.02 Å². The van der Waals surface area contributed by atoms with Crippen LogP contribution >= 0.6 is 11.6 Å². The molecule has 0 aliphatic rings. The predicted octanol–water partition coefficient (Wildman–Crippen LogP) is 6.77. The first-order chi connectivity index (χ1) is 12.1. The van der Waals surface area contributed by atoms with Crippen molar-refractivity contribution in [1.29, 1.82) is 0 Å². The molecule has 0 fully saturated rings. The van der Waals surface area contributed by atoms with Crippen molar-refractivity contribution in [1.82, 2.24) is 0 Å². The van der Waals surface area contributed by atoms with Crippen LogP contribution in [0.3, 0.4) is 0 Å². The zero-order valence-electron chi connectivity index (χ0n) is 14.4. The molecule has 0 atom stereocenters. The van der Waals surface area contributed by atoms with Crippen molar-refractivity contribution in [3.63, 3.8) is 0 Å². The maximum Gasteiger partial charge on any atom is 0.184 e. The Kier molecular flexibility index (Phi) is 5.40. The topological polar surface area (TPSA) is 9.23 Å². The van der Waals surface area contributed by atoms with Crippen LogP contribution in [-0.2, 0) is 6.42 Å². The molecule has 0 saturated heterocycles. The Hall–Kier alpha value is -2.32. The number of hydrogen-bond acceptors (Lipinski definition) is 1. The average molecular weight is 355 g/mol. The van der Waals surface area contributed by atoms with Gasteiger partial charge in [0.1, 0.15) is 0 Å². The SMILES string of the molecule is CCCc1ccc(-c2ccc(-c3ccc(OC)c(F)c3Cl)cc2)cc1. The first kappa shape index (κ1) is 17.5. The van der Waals surface area contributed by atoms with Crippen molar-refractivity contribution >= 4 is 11.6 Å². The molecule has 0 aliphatic heterocycles. The van der Waals surface area contributed by atoms with Gasteiger partial charge in [-0.3, -0.25) is 0 Å². The molecule has 1 nitrogen and oxygen atoms in total. The molecule has 3 aromatic rings. The molecule has 0 spiro atoms. The lowest BCUT2D eigenvalue weighted by Crippen LogP contribution is -1.91. The van der Waals surface area contributed by atoms with Crippen molar-refractivity contribution < 1.29 is 9.13 Å². The van der Waals surface area contributed by atoms with Crippen LogP contribution in [0.4, 0.5) is 4.39 Å². The highest BCUT2D eigenvalue weighted by Gasteiger charge is 2.13. The van der Waals surface area contributed by atoms with E-state index in [-0.39, 0.29) is 10.8 Å². The number of ether oxygens (including phenoxy) is 1. The predicted molar refractivity (Wildman–Crippen MR) is 103 cm³/mol. The second-order valence-electron chi connectivity index (χ2n) is 5.97. The van der Waals surface area contributed by atoms with Gasteiger partial charge in [-0.1, -0.05) is 73.5 Å². The summed E-state index contributed by atoms with van der Waals surface area (Å²) in [6.07, 6.45) is 2.24. The Bertz CT molecular complexity index is 854. The summed E-state index contributed by atoms with van der Waals surface area (Å²) < 4.78 is 19.1. The Morgan fingerprint density at radius 1 is 0.840 bits per heavy atom. The quantitative estimate of drug-likeness (QED) is 0.491. The number of aryl methyl sites for hydroxylation is 1. The number of halogens is 2. The van der Waals surface area contributed by atoms with Crippen LogP contribution in [0.25, 0.3) is 22.3 Å². The average Bonchev–Trinajstić information content (AvgIpc) is 2.65. The zero-order chi connectivity index (χ0) is 17.8. The minimum atomic E-state index is -0.530. The largest absolute Gasteiger partial charge is 0.494 e. The smallest absolute Gasteiger partial charge is 0.184 e. The number of hydrogen-bond donors (Lipinski definition) is 0. The third kappa shape index (κ3) is 3.69. The molecule has 0 unspecified atom stereocenters. The first-order valence-corrected chi connectivity index (χ1v) is 8.73. The molecular formula is C22H20ClFO. The normalized spacial score (nSPS) is 10.7. The fourth-order valence-electron chi connectivity index (χ4n) is 2.91. The third-order valence-corrected chi connectivity index (χ3v) is 4.66. The summed E-state index contributed by atoms with van der Waals surface area (Å²) in [6, 6.07) is 20.0. The van der Waals surface area contributed by atoms with E-state index in [1.807, 2.05) is 24.3 Å². The number of benzene rings is 3. The molecule has 0 amide bonds. The van der Waals surface area contributed by atoms with Gasteiger partial charge in [-0.25, -0.2) is 4.39 Å². The Balaban J connectivity index is 1.89. The van der Waals surface area contributed by atoms with Gasteiger partial charge in [0.05, 0.1) is 12.1 Å². The summed E-state index contributed by atoms with van der Waals surface area (Å²) >= 11 is 6.16. The highest BCUT2D eigenvalue weighted by molar-refractivity contribution is 6.33. The van der Waals surface area contributed by atoms with E-state index >= 15 is 0 Å². The molecule has 0 saturated carbocycles. The molecule has 0 heterocycles. The lowest BCUT2D eigenvalue weighted by molar-refractivity contribution is 0.387. The Morgan fingerprint density at radius 3 is 1.96 bits per heavy atom. The van der Waals surface area contributed by atoms with Crippen molar-refractivity contribution in [2.75, 3.05) is 7.11 Å². The Morgan fingerprint density at radius 2 is 1.40 bits per heavy atom. The molecule has 0 bridgehead atoms. The summed E-state index contributed by atoms with van der Waals surface area (Å²) in [5, 5.41) is 0.0796. The fraction of sp³-hybridized carbons (Fsp3) is 0.182. The molecule has 3 heteroatoms. The highest BCUT2D eigenvalue weighted by atomic mass is 35.5. The van der Waals surface area contributed by atoms with Crippen LogP contribution in [0.5, 0.6) is 5.75 Å². The summed E-state index contributed by atoms with van der Waals surface area (Å²) in [4.78, 5) is 0. The summed E-state index contributed by atoms with van der Waals surface area (Å²) in [6.45, 7) is 2.18. The van der Waals surface area contributed by atoms with Gasteiger partial charge in [0.2, 0.25) is 0 Å². The van der Waals surface area contributed by atoms with Gasteiger partial charge in [-0.2, -0.15) is 0 Å². The molecule has 25 heavy (non-hydrogen) atoms. The van der Waals surface area contributed by atoms with Gasteiger partial charge < -0.3 is 4.74 Å². The highest BCUT2D eigenvalue weighted by Crippen LogP contribution is 2.35. The Labute approximate surface area is 153 Å². The van der Waals surface area contributed by atoms with E-state index < -0.39 is 5.82 Å². The molecular weight excluding hydrogens is 335 g/mol. The lowest BCUT2D eigenvalue weighted by atomic mass is 9.99. The van der Waals surface area contributed by atoms with E-state index in [2.05, 4.69) is 31.2 Å². The zero-order valence-corrected chi connectivity index (χ0v) is 15.1. The number of methoxy groups -OCH3 is 1. The fourth-order valence-corrected chi connectivity index (χ4v) is 3.17. The van der Waals surface area contributed by atoms with Gasteiger partial charge in [-0.05, 0) is 40.8 Å². The second-order valence-corrected chi connectivity index (χ2v) is 6.35. The number of rotatable bonds is 5. The molecule has 0 aliphatic carbocycles. The minimum Gasteiger partial charge on any atom is -0.494 e. The third-order valence-electron chi connectivity index (χ3n) is 4.29. The van der Waals surface area contributed by atoms with Crippen LogP contribution in [0.15, 0.2) is 60.7 Å². The molecule has 128 valence electrons. The molecule has 0 aromatic heterocycles. The van der Waals surface area contributed by atoms with E-state index in [1.54, 1.807) is 12.1 Å². The van der Waals surface area contributed by atoms with Gasteiger partial charge in [0.25, 0.3) is 0 Å². The molecule has 3 rings (SSSR count). The summed E-state index contributed by atoms with van der Waals surface area (Å²) in [5.41, 5.74) is 5.17. The lowest BCUT2D eigenvalue weighted by Gasteiger charge is -2.10. The first-order valence-electron chi connectivity index (χ1n) is 8.35. The van der Waals surface area contributed by atoms with Crippen LogP contribution in [-0.4, -0.2) is 7.11 Å². The molecule has 0 N–H and O–H groups in total. The van der Waals surface area contributed by atoms with Gasteiger partial charge >= 0.3 is 0 Å². The van der Waals surface area contributed by atoms with E-state index in [1.165, 1.54) is 18.2 Å². The minimum absolute atomic E-state index is 0.0796. The maximum atomic E-state index is 14.1. The van der Waals surface area contributed by atoms with Crippen LogP contribution in [0, 0.1) is 5.82 Å². The maximum absolute atomic E-state index is 14.1. The van der Waals surface area contributed by atoms with Gasteiger partial charge in [0.15, 0.2) is 11.6 Å². The second kappa shape index (κ2) is 7.71. The standard InChI is InChI=1S/C22H20ClFO/c1-3-4-15-5-7-16(8-6-15)17-9-11-18(12-10-17)19-13-14-20(25-2)22(24)21(19)23/h5-14H,3-4H2,1-2H3. The van der Waals surface area contributed by atoms with Crippen molar-refractivity contribution in [3.8, 4) is 28.0 Å². The summed E-state index contributed by atoms with van der Waals surface area (Å²) in [5.74, 6) is -0.380. The van der Waals surface area contributed by atoms with Crippen molar-refractivity contribution in [2.45, 2.75) is 19.8 Å². The van der Waals surface area contributed by atoms with Crippen LogP contribution in [0.1, 0.15) is 18.9 Å². The summed E-state index contributed by atoms with van der Waals surface area (Å²) in [7, 11) is 1.43. The molecule has 3 aromatic carbocycles. The van der Waals surface area contributed by atoms with Crippen molar-refractivity contribution in [3.05, 3.63) is 77.1 Å². The van der Waals surface area contributed by atoms with E-state index in [4.69, 9.17) is 16.3 Å². The molecule has 0 radical (unpaired) electrons. The van der Waals surface area contributed by atoms with Gasteiger partial charge in [-0.15, -0.1) is 0 Å². The van der Waals surface area contributed by atoms with Crippen molar-refractivity contribution in [2.24, 2.45) is 0 Å². The van der Waals surface area contributed by atoms with Gasteiger partial charge in [0, 0.05) is 5.56 Å². The van der Waals surface area contributed by atoms with Crippen LogP contribution < -0.4 is 4.74 Å². The van der Waals surface area contributed by atoms with E-state index in [0.717, 1.165) is 24.0 Å². The monoisotopic (exact) mass is 354 g/mol. The van der Waals surface area contributed by atoms with E-state index in [9.17, 15) is 4.39 Å².